The van der Waals surface area contributed by atoms with Crippen LogP contribution in [0.2, 0.25) is 0 Å². The van der Waals surface area contributed by atoms with Gasteiger partial charge in [-0.25, -0.2) is 0 Å². The Hall–Kier alpha value is -1.54. The van der Waals surface area contributed by atoms with E-state index in [0.717, 1.165) is 25.0 Å². The largest absolute Gasteiger partial charge is 0.299 e. The first kappa shape index (κ1) is 15.4. The number of hydrogen-bond acceptors (Lipinski definition) is 2. The zero-order valence-corrected chi connectivity index (χ0v) is 13.6. The minimum atomic E-state index is 0.185. The lowest BCUT2D eigenvalue weighted by Gasteiger charge is -2.29. The summed E-state index contributed by atoms with van der Waals surface area (Å²) < 4.78 is 0. The molecule has 0 radical (unpaired) electrons. The van der Waals surface area contributed by atoms with Gasteiger partial charge in [0.15, 0.2) is 0 Å². The molecule has 1 nitrogen and oxygen atoms in total. The van der Waals surface area contributed by atoms with Crippen LogP contribution >= 0.6 is 11.8 Å². The van der Waals surface area contributed by atoms with Gasteiger partial charge in [-0.2, -0.15) is 0 Å². The number of hydrogen-bond donors (Lipinski definition) is 0. The molecule has 0 N–H and O–H groups in total. The summed E-state index contributed by atoms with van der Waals surface area (Å²) in [7, 11) is 0. The molecular formula is C20H22OS. The zero-order valence-electron chi connectivity index (χ0n) is 12.8. The van der Waals surface area contributed by atoms with Crippen LogP contribution < -0.4 is 0 Å². The molecule has 3 rings (SSSR count). The third-order valence-electron chi connectivity index (χ3n) is 4.37. The van der Waals surface area contributed by atoms with Gasteiger partial charge in [0.05, 0.1) is 0 Å². The average Bonchev–Trinajstić information content (AvgIpc) is 2.58. The summed E-state index contributed by atoms with van der Waals surface area (Å²) in [4.78, 5) is 12.4. The van der Waals surface area contributed by atoms with Gasteiger partial charge in [0.2, 0.25) is 0 Å². The van der Waals surface area contributed by atoms with E-state index in [2.05, 4.69) is 48.5 Å². The topological polar surface area (TPSA) is 17.1 Å². The first-order chi connectivity index (χ1) is 10.8. The highest BCUT2D eigenvalue weighted by Crippen LogP contribution is 2.42. The van der Waals surface area contributed by atoms with Crippen LogP contribution in [0.1, 0.15) is 42.1 Å². The van der Waals surface area contributed by atoms with Gasteiger partial charge in [-0.15, -0.1) is 11.8 Å². The van der Waals surface area contributed by atoms with E-state index >= 15 is 0 Å². The van der Waals surface area contributed by atoms with Crippen LogP contribution in [0.15, 0.2) is 60.7 Å². The predicted octanol–water partition coefficient (Wildman–Crippen LogP) is 5.42. The quantitative estimate of drug-likeness (QED) is 0.733. The van der Waals surface area contributed by atoms with Gasteiger partial charge < -0.3 is 0 Å². The SMILES string of the molecule is O=C1CCCCC1C(SCc1ccccc1)c1ccccc1. The molecule has 1 fully saturated rings. The molecule has 0 saturated heterocycles. The highest BCUT2D eigenvalue weighted by atomic mass is 32.2. The number of rotatable bonds is 5. The van der Waals surface area contributed by atoms with Crippen molar-refractivity contribution in [2.75, 3.05) is 0 Å². The first-order valence-electron chi connectivity index (χ1n) is 8.08. The Kier molecular flexibility index (Phi) is 5.33. The molecule has 114 valence electrons. The van der Waals surface area contributed by atoms with Crippen molar-refractivity contribution < 1.29 is 4.79 Å². The summed E-state index contributed by atoms with van der Waals surface area (Å²) in [6.45, 7) is 0. The minimum absolute atomic E-state index is 0.185. The third kappa shape index (κ3) is 3.80. The van der Waals surface area contributed by atoms with Crippen LogP contribution in [0.5, 0.6) is 0 Å². The van der Waals surface area contributed by atoms with Crippen molar-refractivity contribution in [3.63, 3.8) is 0 Å². The van der Waals surface area contributed by atoms with E-state index in [0.29, 0.717) is 5.78 Å². The summed E-state index contributed by atoms with van der Waals surface area (Å²) in [5.74, 6) is 1.61. The molecule has 1 aliphatic rings. The molecule has 1 aliphatic carbocycles. The van der Waals surface area contributed by atoms with E-state index in [4.69, 9.17) is 0 Å². The van der Waals surface area contributed by atoms with Crippen LogP contribution in [0.3, 0.4) is 0 Å². The van der Waals surface area contributed by atoms with Crippen LogP contribution in [-0.2, 0) is 10.5 Å². The van der Waals surface area contributed by atoms with Crippen molar-refractivity contribution in [3.8, 4) is 0 Å². The fourth-order valence-corrected chi connectivity index (χ4v) is 4.61. The summed E-state index contributed by atoms with van der Waals surface area (Å²) >= 11 is 1.92. The Morgan fingerprint density at radius 1 is 0.955 bits per heavy atom. The Morgan fingerprint density at radius 2 is 1.64 bits per heavy atom. The maximum absolute atomic E-state index is 12.4. The van der Waals surface area contributed by atoms with Crippen LogP contribution in [0.4, 0.5) is 0 Å². The molecular weight excluding hydrogens is 288 g/mol. The summed E-state index contributed by atoms with van der Waals surface area (Å²) in [6, 6.07) is 21.1. The molecule has 2 aromatic carbocycles. The molecule has 2 atom stereocenters. The van der Waals surface area contributed by atoms with Gasteiger partial charge in [-0.1, -0.05) is 67.1 Å². The monoisotopic (exact) mass is 310 g/mol. The molecule has 0 spiro atoms. The lowest BCUT2D eigenvalue weighted by molar-refractivity contribution is -0.124. The van der Waals surface area contributed by atoms with Crippen molar-refractivity contribution in [1.29, 1.82) is 0 Å². The van der Waals surface area contributed by atoms with E-state index < -0.39 is 0 Å². The van der Waals surface area contributed by atoms with Crippen LogP contribution in [0.25, 0.3) is 0 Å². The molecule has 0 amide bonds. The minimum Gasteiger partial charge on any atom is -0.299 e. The van der Waals surface area contributed by atoms with Gasteiger partial charge in [0.25, 0.3) is 0 Å². The summed E-state index contributed by atoms with van der Waals surface area (Å²) in [5.41, 5.74) is 2.63. The van der Waals surface area contributed by atoms with Crippen molar-refractivity contribution in [3.05, 3.63) is 71.8 Å². The molecule has 2 heteroatoms. The van der Waals surface area contributed by atoms with E-state index in [9.17, 15) is 4.79 Å². The Balaban J connectivity index is 1.78. The molecule has 22 heavy (non-hydrogen) atoms. The predicted molar refractivity (Wildman–Crippen MR) is 93.9 cm³/mol. The lowest BCUT2D eigenvalue weighted by atomic mass is 9.83. The molecule has 2 aromatic rings. The first-order valence-corrected chi connectivity index (χ1v) is 9.12. The number of carbonyl (C=O) groups is 1. The van der Waals surface area contributed by atoms with E-state index in [-0.39, 0.29) is 11.2 Å². The molecule has 2 unspecified atom stereocenters. The van der Waals surface area contributed by atoms with Crippen molar-refractivity contribution in [1.82, 2.24) is 0 Å². The molecule has 0 aliphatic heterocycles. The Labute approximate surface area is 137 Å². The number of thioether (sulfide) groups is 1. The standard InChI is InChI=1S/C20H22OS/c21-19-14-8-7-13-18(19)20(17-11-5-2-6-12-17)22-15-16-9-3-1-4-10-16/h1-6,9-12,18,20H,7-8,13-15H2. The highest BCUT2D eigenvalue weighted by molar-refractivity contribution is 7.98. The molecule has 0 aromatic heterocycles. The molecule has 0 bridgehead atoms. The van der Waals surface area contributed by atoms with Crippen molar-refractivity contribution in [2.45, 2.75) is 36.7 Å². The second-order valence-corrected chi connectivity index (χ2v) is 7.08. The second kappa shape index (κ2) is 7.64. The Morgan fingerprint density at radius 3 is 2.32 bits per heavy atom. The van der Waals surface area contributed by atoms with Crippen LogP contribution in [-0.4, -0.2) is 5.78 Å². The summed E-state index contributed by atoms with van der Waals surface area (Å²) in [5, 5.41) is 0.286. The van der Waals surface area contributed by atoms with Gasteiger partial charge in [-0.05, 0) is 24.0 Å². The fourth-order valence-electron chi connectivity index (χ4n) is 3.18. The van der Waals surface area contributed by atoms with Gasteiger partial charge in [0, 0.05) is 23.3 Å². The molecule has 1 saturated carbocycles. The molecule has 0 heterocycles. The zero-order chi connectivity index (χ0) is 15.2. The van der Waals surface area contributed by atoms with Crippen LogP contribution in [0, 0.1) is 5.92 Å². The average molecular weight is 310 g/mol. The number of Topliss-reactive ketones (excluding diaryl/α,β-unsaturated/α-hetero) is 1. The smallest absolute Gasteiger partial charge is 0.137 e. The van der Waals surface area contributed by atoms with Gasteiger partial charge in [-0.3, -0.25) is 4.79 Å². The highest BCUT2D eigenvalue weighted by Gasteiger charge is 2.31. The third-order valence-corrected chi connectivity index (χ3v) is 5.83. The number of benzene rings is 2. The van der Waals surface area contributed by atoms with Gasteiger partial charge >= 0.3 is 0 Å². The fraction of sp³-hybridized carbons (Fsp3) is 0.350. The van der Waals surface area contributed by atoms with Gasteiger partial charge in [0.1, 0.15) is 5.78 Å². The maximum atomic E-state index is 12.4. The number of ketones is 1. The van der Waals surface area contributed by atoms with Crippen molar-refractivity contribution >= 4 is 17.5 Å². The normalized spacial score (nSPS) is 19.8. The number of carbonyl (C=O) groups excluding carboxylic acids is 1. The van der Waals surface area contributed by atoms with E-state index in [1.54, 1.807) is 0 Å². The van der Waals surface area contributed by atoms with E-state index in [1.165, 1.54) is 17.5 Å². The lowest BCUT2D eigenvalue weighted by Crippen LogP contribution is -2.24. The van der Waals surface area contributed by atoms with Crippen molar-refractivity contribution in [2.24, 2.45) is 5.92 Å². The maximum Gasteiger partial charge on any atom is 0.137 e. The Bertz CT molecular complexity index is 594. The second-order valence-electron chi connectivity index (χ2n) is 5.95. The summed E-state index contributed by atoms with van der Waals surface area (Å²) in [6.07, 6.45) is 4.06. The van der Waals surface area contributed by atoms with E-state index in [1.807, 2.05) is 23.9 Å².